The molecule has 0 spiro atoms. The number of hydrogen-bond donors (Lipinski definition) is 3. The van der Waals surface area contributed by atoms with Gasteiger partial charge in [0.05, 0.1) is 34.4 Å². The average molecular weight is 585 g/mol. The van der Waals surface area contributed by atoms with Crippen molar-refractivity contribution in [2.45, 2.75) is 89.4 Å². The van der Waals surface area contributed by atoms with Crippen LogP contribution < -0.4 is 10.6 Å². The number of nitrogens with zero attached hydrogens (tertiary/aromatic N) is 1. The topological polar surface area (TPSA) is 86.9 Å². The van der Waals surface area contributed by atoms with Crippen LogP contribution in [0.4, 0.5) is 22.0 Å². The number of thiophene rings is 1. The number of H-pyrrole nitrogens is 1. The third-order valence-corrected chi connectivity index (χ3v) is 8.30. The van der Waals surface area contributed by atoms with Crippen molar-refractivity contribution in [2.75, 3.05) is 0 Å². The zero-order valence-electron chi connectivity index (χ0n) is 22.5. The lowest BCUT2D eigenvalue weighted by Gasteiger charge is -2.33. The van der Waals surface area contributed by atoms with Gasteiger partial charge in [0.1, 0.15) is 5.82 Å². The minimum absolute atomic E-state index is 0.138. The summed E-state index contributed by atoms with van der Waals surface area (Å²) in [5.74, 6) is -3.39. The van der Waals surface area contributed by atoms with Gasteiger partial charge in [-0.15, -0.1) is 11.3 Å². The fourth-order valence-electron chi connectivity index (χ4n) is 5.09. The van der Waals surface area contributed by atoms with Gasteiger partial charge in [-0.25, -0.2) is 13.8 Å². The number of hydrogen-bond acceptors (Lipinski definition) is 4. The van der Waals surface area contributed by atoms with E-state index in [1.807, 2.05) is 25.3 Å². The first-order valence-electron chi connectivity index (χ1n) is 13.3. The molecule has 0 aliphatic heterocycles. The van der Waals surface area contributed by atoms with E-state index in [2.05, 4.69) is 20.6 Å². The van der Waals surface area contributed by atoms with Gasteiger partial charge in [0.15, 0.2) is 0 Å². The Morgan fingerprint density at radius 2 is 1.82 bits per heavy atom. The molecule has 12 heteroatoms. The number of imidazole rings is 1. The van der Waals surface area contributed by atoms with Crippen LogP contribution >= 0.6 is 11.3 Å². The number of alkyl halides is 5. The number of aromatic nitrogens is 2. The minimum atomic E-state index is -4.41. The smallest absolute Gasteiger partial charge is 0.350 e. The molecule has 2 aromatic heterocycles. The lowest BCUT2D eigenvalue weighted by atomic mass is 9.81. The number of carbonyl (C=O) groups is 2. The second-order valence-electron chi connectivity index (χ2n) is 10.8. The largest absolute Gasteiger partial charge is 0.389 e. The molecule has 1 aromatic carbocycles. The zero-order chi connectivity index (χ0) is 29.2. The molecule has 0 unspecified atom stereocenters. The van der Waals surface area contributed by atoms with E-state index >= 15 is 0 Å². The first-order chi connectivity index (χ1) is 18.7. The van der Waals surface area contributed by atoms with Crippen LogP contribution in [0.1, 0.15) is 104 Å². The van der Waals surface area contributed by atoms with E-state index in [-0.39, 0.29) is 43.4 Å². The number of fused-ring (bicyclic) bond motifs is 1. The summed E-state index contributed by atoms with van der Waals surface area (Å²) in [4.78, 5) is 33.8. The van der Waals surface area contributed by atoms with Gasteiger partial charge in [-0.05, 0) is 66.3 Å². The fraction of sp³-hybridized carbons (Fsp3) is 0.536. The van der Waals surface area contributed by atoms with Gasteiger partial charge in [-0.3, -0.25) is 9.59 Å². The fourth-order valence-corrected chi connectivity index (χ4v) is 6.04. The van der Waals surface area contributed by atoms with Crippen molar-refractivity contribution in [1.82, 2.24) is 20.6 Å². The highest BCUT2D eigenvalue weighted by Crippen LogP contribution is 2.41. The van der Waals surface area contributed by atoms with Crippen LogP contribution in [-0.4, -0.2) is 33.9 Å². The second-order valence-corrected chi connectivity index (χ2v) is 11.7. The van der Waals surface area contributed by atoms with Crippen molar-refractivity contribution < 1.29 is 31.5 Å². The van der Waals surface area contributed by atoms with E-state index < -0.39 is 42.9 Å². The molecule has 0 bridgehead atoms. The van der Waals surface area contributed by atoms with Gasteiger partial charge < -0.3 is 15.6 Å². The maximum absolute atomic E-state index is 14.0. The van der Waals surface area contributed by atoms with Crippen LogP contribution in [0.3, 0.4) is 0 Å². The molecule has 6 nitrogen and oxygen atoms in total. The van der Waals surface area contributed by atoms with Crippen LogP contribution in [0.25, 0.3) is 11.0 Å². The Labute approximate surface area is 233 Å². The van der Waals surface area contributed by atoms with Crippen molar-refractivity contribution in [1.29, 1.82) is 0 Å². The highest BCUT2D eigenvalue weighted by Gasteiger charge is 2.40. The molecule has 1 aliphatic rings. The van der Waals surface area contributed by atoms with Gasteiger partial charge in [0.25, 0.3) is 5.91 Å². The van der Waals surface area contributed by atoms with Crippen molar-refractivity contribution in [3.05, 3.63) is 51.5 Å². The SMILES string of the molecule is CC(C)c1ccsc1C(=O)N[C@H](c1nc2ccc([C@@H](C)NC(=O)CCC(F)(F)F)cc2[nH]1)C1CCC(F)(F)CC1. The van der Waals surface area contributed by atoms with E-state index in [4.69, 9.17) is 0 Å². The van der Waals surface area contributed by atoms with Gasteiger partial charge in [-0.1, -0.05) is 19.9 Å². The Morgan fingerprint density at radius 1 is 1.12 bits per heavy atom. The van der Waals surface area contributed by atoms with Gasteiger partial charge >= 0.3 is 6.18 Å². The Kier molecular flexibility index (Phi) is 8.86. The first kappa shape index (κ1) is 30.0. The molecular formula is C28H33F5N4O2S. The summed E-state index contributed by atoms with van der Waals surface area (Å²) < 4.78 is 65.3. The monoisotopic (exact) mass is 584 g/mol. The highest BCUT2D eigenvalue weighted by atomic mass is 32.1. The number of carbonyl (C=O) groups excluding carboxylic acids is 2. The number of amides is 2. The number of nitrogens with one attached hydrogen (secondary N) is 3. The van der Waals surface area contributed by atoms with E-state index in [1.165, 1.54) is 11.3 Å². The Bertz CT molecular complexity index is 1340. The predicted molar refractivity (Wildman–Crippen MR) is 143 cm³/mol. The van der Waals surface area contributed by atoms with E-state index in [1.54, 1.807) is 25.1 Å². The van der Waals surface area contributed by atoms with E-state index in [9.17, 15) is 31.5 Å². The van der Waals surface area contributed by atoms with Crippen molar-refractivity contribution in [2.24, 2.45) is 5.92 Å². The molecule has 1 saturated carbocycles. The molecule has 3 aromatic rings. The molecule has 3 N–H and O–H groups in total. The summed E-state index contributed by atoms with van der Waals surface area (Å²) in [7, 11) is 0. The number of rotatable bonds is 9. The molecule has 2 atom stereocenters. The van der Waals surface area contributed by atoms with E-state index in [0.717, 1.165) is 5.56 Å². The van der Waals surface area contributed by atoms with Crippen molar-refractivity contribution >= 4 is 34.2 Å². The second kappa shape index (κ2) is 11.8. The predicted octanol–water partition coefficient (Wildman–Crippen LogP) is 7.56. The molecular weight excluding hydrogens is 551 g/mol. The molecule has 0 saturated heterocycles. The Balaban J connectivity index is 1.57. The maximum Gasteiger partial charge on any atom is 0.389 e. The minimum Gasteiger partial charge on any atom is -0.350 e. The molecule has 2 amide bonds. The molecule has 218 valence electrons. The van der Waals surface area contributed by atoms with E-state index in [0.29, 0.717) is 27.3 Å². The summed E-state index contributed by atoms with van der Waals surface area (Å²) in [6, 6.07) is 5.91. The first-order valence-corrected chi connectivity index (χ1v) is 14.2. The molecule has 1 aliphatic carbocycles. The maximum atomic E-state index is 14.0. The quantitative estimate of drug-likeness (QED) is 0.227. The average Bonchev–Trinajstić information content (AvgIpc) is 3.53. The standard InChI is InChI=1S/C28H33F5N4O2S/c1-15(2)19-9-13-40-24(19)26(39)37-23(17-6-10-27(29,30)11-7-17)25-35-20-5-4-18(14-21(20)36-25)16(3)34-22(38)8-12-28(31,32)33/h4-5,9,13-17,23H,6-8,10-12H2,1-3H3,(H,34,38)(H,35,36)(H,37,39)/t16-,23+/m1/s1. The number of benzene rings is 1. The summed E-state index contributed by atoms with van der Waals surface area (Å²) >= 11 is 1.33. The van der Waals surface area contributed by atoms with Crippen LogP contribution in [-0.2, 0) is 4.79 Å². The molecule has 2 heterocycles. The lowest BCUT2D eigenvalue weighted by Crippen LogP contribution is -2.37. The summed E-state index contributed by atoms with van der Waals surface area (Å²) in [5.41, 5.74) is 2.75. The summed E-state index contributed by atoms with van der Waals surface area (Å²) in [5, 5.41) is 7.49. The zero-order valence-corrected chi connectivity index (χ0v) is 23.3. The van der Waals surface area contributed by atoms with Gasteiger partial charge in [0, 0.05) is 19.3 Å². The third kappa shape index (κ3) is 7.38. The summed E-state index contributed by atoms with van der Waals surface area (Å²) in [6.45, 7) is 5.66. The van der Waals surface area contributed by atoms with Crippen molar-refractivity contribution in [3.8, 4) is 0 Å². The van der Waals surface area contributed by atoms with Crippen LogP contribution in [0.5, 0.6) is 0 Å². The van der Waals surface area contributed by atoms with Gasteiger partial charge in [-0.2, -0.15) is 13.2 Å². The number of aromatic amines is 1. The summed E-state index contributed by atoms with van der Waals surface area (Å²) in [6.07, 6.45) is -6.35. The van der Waals surface area contributed by atoms with Crippen LogP contribution in [0.15, 0.2) is 29.6 Å². The van der Waals surface area contributed by atoms with Gasteiger partial charge in [0.2, 0.25) is 11.8 Å². The Morgan fingerprint density at radius 3 is 2.48 bits per heavy atom. The molecule has 40 heavy (non-hydrogen) atoms. The highest BCUT2D eigenvalue weighted by molar-refractivity contribution is 7.12. The third-order valence-electron chi connectivity index (χ3n) is 7.38. The molecule has 1 fully saturated rings. The molecule has 4 rings (SSSR count). The lowest BCUT2D eigenvalue weighted by molar-refractivity contribution is -0.144. The van der Waals surface area contributed by atoms with Crippen molar-refractivity contribution in [3.63, 3.8) is 0 Å². The number of halogens is 5. The van der Waals surface area contributed by atoms with Crippen LogP contribution in [0, 0.1) is 5.92 Å². The Hall–Kier alpha value is -3.02. The normalized spacial score (nSPS) is 17.6. The van der Waals surface area contributed by atoms with Crippen LogP contribution in [0.2, 0.25) is 0 Å². The molecule has 0 radical (unpaired) electrons.